The van der Waals surface area contributed by atoms with Gasteiger partial charge >= 0.3 is 0 Å². The van der Waals surface area contributed by atoms with Crippen LogP contribution in [0.3, 0.4) is 0 Å². The Hall–Kier alpha value is -0.840. The SMILES string of the molecule is CCN(Cc1ccco1)C(CN)CC(C)(C)OC. The van der Waals surface area contributed by atoms with E-state index in [2.05, 4.69) is 25.7 Å². The first kappa shape index (κ1) is 15.2. The van der Waals surface area contributed by atoms with Gasteiger partial charge < -0.3 is 14.9 Å². The number of rotatable bonds is 8. The Kier molecular flexibility index (Phi) is 5.85. The topological polar surface area (TPSA) is 51.6 Å². The third kappa shape index (κ3) is 4.44. The number of furan rings is 1. The Labute approximate surface area is 110 Å². The van der Waals surface area contributed by atoms with E-state index in [1.807, 2.05) is 12.1 Å². The van der Waals surface area contributed by atoms with E-state index in [4.69, 9.17) is 14.9 Å². The van der Waals surface area contributed by atoms with Crippen molar-refractivity contribution in [3.8, 4) is 0 Å². The maximum atomic E-state index is 5.91. The van der Waals surface area contributed by atoms with Crippen LogP contribution in [-0.4, -0.2) is 36.7 Å². The van der Waals surface area contributed by atoms with Crippen LogP contribution >= 0.6 is 0 Å². The first-order valence-electron chi connectivity index (χ1n) is 6.54. The molecular formula is C14H26N2O2. The minimum Gasteiger partial charge on any atom is -0.468 e. The summed E-state index contributed by atoms with van der Waals surface area (Å²) in [7, 11) is 1.75. The molecule has 0 radical (unpaired) electrons. The molecule has 0 spiro atoms. The van der Waals surface area contributed by atoms with Crippen molar-refractivity contribution in [2.75, 3.05) is 20.2 Å². The zero-order valence-electron chi connectivity index (χ0n) is 12.0. The van der Waals surface area contributed by atoms with Gasteiger partial charge in [-0.2, -0.15) is 0 Å². The Morgan fingerprint density at radius 2 is 2.22 bits per heavy atom. The lowest BCUT2D eigenvalue weighted by Crippen LogP contribution is -2.44. The van der Waals surface area contributed by atoms with E-state index in [9.17, 15) is 0 Å². The minimum atomic E-state index is -0.152. The van der Waals surface area contributed by atoms with Crippen LogP contribution in [0.4, 0.5) is 0 Å². The van der Waals surface area contributed by atoms with Crippen LogP contribution in [0.2, 0.25) is 0 Å². The molecule has 1 rings (SSSR count). The molecule has 0 aliphatic carbocycles. The van der Waals surface area contributed by atoms with Crippen molar-refractivity contribution in [1.29, 1.82) is 0 Å². The molecule has 1 unspecified atom stereocenters. The smallest absolute Gasteiger partial charge is 0.117 e. The number of hydrogen-bond acceptors (Lipinski definition) is 4. The number of ether oxygens (including phenoxy) is 1. The van der Waals surface area contributed by atoms with E-state index in [0.29, 0.717) is 12.6 Å². The summed E-state index contributed by atoms with van der Waals surface area (Å²) in [6, 6.07) is 4.22. The molecule has 1 atom stereocenters. The van der Waals surface area contributed by atoms with Gasteiger partial charge in [-0.1, -0.05) is 6.92 Å². The molecule has 104 valence electrons. The van der Waals surface area contributed by atoms with Crippen LogP contribution in [0.5, 0.6) is 0 Å². The third-order valence-electron chi connectivity index (χ3n) is 3.41. The molecule has 1 aromatic heterocycles. The second kappa shape index (κ2) is 6.92. The summed E-state index contributed by atoms with van der Waals surface area (Å²) >= 11 is 0. The highest BCUT2D eigenvalue weighted by Gasteiger charge is 2.26. The maximum Gasteiger partial charge on any atom is 0.117 e. The summed E-state index contributed by atoms with van der Waals surface area (Å²) in [5.41, 5.74) is 5.76. The number of nitrogens with two attached hydrogens (primary N) is 1. The number of methoxy groups -OCH3 is 1. The lowest BCUT2D eigenvalue weighted by atomic mass is 9.97. The van der Waals surface area contributed by atoms with Crippen molar-refractivity contribution in [3.63, 3.8) is 0 Å². The van der Waals surface area contributed by atoms with Gasteiger partial charge in [-0.25, -0.2) is 0 Å². The molecule has 18 heavy (non-hydrogen) atoms. The first-order valence-corrected chi connectivity index (χ1v) is 6.54. The summed E-state index contributed by atoms with van der Waals surface area (Å²) < 4.78 is 10.9. The molecule has 0 aliphatic rings. The van der Waals surface area contributed by atoms with Crippen LogP contribution in [0.15, 0.2) is 22.8 Å². The van der Waals surface area contributed by atoms with Crippen LogP contribution in [-0.2, 0) is 11.3 Å². The zero-order valence-corrected chi connectivity index (χ0v) is 12.0. The lowest BCUT2D eigenvalue weighted by molar-refractivity contribution is -0.00893. The van der Waals surface area contributed by atoms with Gasteiger partial charge in [0, 0.05) is 19.7 Å². The van der Waals surface area contributed by atoms with Gasteiger partial charge in [-0.3, -0.25) is 4.90 Å². The van der Waals surface area contributed by atoms with Crippen LogP contribution < -0.4 is 5.73 Å². The molecule has 0 aromatic carbocycles. The van der Waals surface area contributed by atoms with Crippen molar-refractivity contribution < 1.29 is 9.15 Å². The van der Waals surface area contributed by atoms with Crippen molar-refractivity contribution in [3.05, 3.63) is 24.2 Å². The van der Waals surface area contributed by atoms with E-state index >= 15 is 0 Å². The Bertz CT molecular complexity index is 323. The summed E-state index contributed by atoms with van der Waals surface area (Å²) in [5, 5.41) is 0. The quantitative estimate of drug-likeness (QED) is 0.773. The maximum absolute atomic E-state index is 5.91. The number of nitrogens with zero attached hydrogens (tertiary/aromatic N) is 1. The highest BCUT2D eigenvalue weighted by Crippen LogP contribution is 2.20. The minimum absolute atomic E-state index is 0.152. The van der Waals surface area contributed by atoms with Gasteiger partial charge in [0.1, 0.15) is 5.76 Å². The molecule has 0 saturated carbocycles. The van der Waals surface area contributed by atoms with Crippen molar-refractivity contribution >= 4 is 0 Å². The fraction of sp³-hybridized carbons (Fsp3) is 0.714. The van der Waals surface area contributed by atoms with E-state index in [-0.39, 0.29) is 5.60 Å². The summed E-state index contributed by atoms with van der Waals surface area (Å²) in [6.45, 7) is 8.70. The van der Waals surface area contributed by atoms with Crippen LogP contribution in [0.1, 0.15) is 33.0 Å². The van der Waals surface area contributed by atoms with E-state index in [0.717, 1.165) is 25.3 Å². The molecule has 0 fully saturated rings. The molecule has 1 aromatic rings. The summed E-state index contributed by atoms with van der Waals surface area (Å²) in [5.74, 6) is 0.977. The van der Waals surface area contributed by atoms with Crippen molar-refractivity contribution in [1.82, 2.24) is 4.90 Å². The predicted octanol–water partition coefficient (Wildman–Crippen LogP) is 2.24. The second-order valence-electron chi connectivity index (χ2n) is 5.20. The standard InChI is InChI=1S/C14H26N2O2/c1-5-16(11-13-7-6-8-18-13)12(10-15)9-14(2,3)17-4/h6-8,12H,5,9-11,15H2,1-4H3. The fourth-order valence-electron chi connectivity index (χ4n) is 2.11. The largest absolute Gasteiger partial charge is 0.468 e. The Morgan fingerprint density at radius 1 is 1.50 bits per heavy atom. The van der Waals surface area contributed by atoms with E-state index in [1.165, 1.54) is 0 Å². The molecule has 0 bridgehead atoms. The van der Waals surface area contributed by atoms with E-state index in [1.54, 1.807) is 13.4 Å². The average Bonchev–Trinajstić information content (AvgIpc) is 2.86. The van der Waals surface area contributed by atoms with E-state index < -0.39 is 0 Å². The summed E-state index contributed by atoms with van der Waals surface area (Å²) in [4.78, 5) is 2.33. The molecule has 4 heteroatoms. The average molecular weight is 254 g/mol. The van der Waals surface area contributed by atoms with Gasteiger partial charge in [-0.15, -0.1) is 0 Å². The first-order chi connectivity index (χ1) is 8.52. The van der Waals surface area contributed by atoms with Crippen LogP contribution in [0.25, 0.3) is 0 Å². The molecule has 2 N–H and O–H groups in total. The predicted molar refractivity (Wildman–Crippen MR) is 73.3 cm³/mol. The molecule has 0 aliphatic heterocycles. The molecule has 4 nitrogen and oxygen atoms in total. The molecule has 0 amide bonds. The highest BCUT2D eigenvalue weighted by molar-refractivity contribution is 4.98. The molecular weight excluding hydrogens is 228 g/mol. The van der Waals surface area contributed by atoms with Gasteiger partial charge in [0.2, 0.25) is 0 Å². The lowest BCUT2D eigenvalue weighted by Gasteiger charge is -2.34. The zero-order chi connectivity index (χ0) is 13.6. The Balaban J connectivity index is 2.65. The number of likely N-dealkylation sites (N-methyl/N-ethyl adjacent to an activating group) is 1. The van der Waals surface area contributed by atoms with Crippen molar-refractivity contribution in [2.45, 2.75) is 45.4 Å². The van der Waals surface area contributed by atoms with Gasteiger partial charge in [0.05, 0.1) is 18.4 Å². The Morgan fingerprint density at radius 3 is 2.67 bits per heavy atom. The molecule has 0 saturated heterocycles. The number of hydrogen-bond donors (Lipinski definition) is 1. The van der Waals surface area contributed by atoms with Gasteiger partial charge in [-0.05, 0) is 38.9 Å². The second-order valence-corrected chi connectivity index (χ2v) is 5.20. The monoisotopic (exact) mass is 254 g/mol. The normalized spacial score (nSPS) is 14.1. The van der Waals surface area contributed by atoms with Crippen molar-refractivity contribution in [2.24, 2.45) is 5.73 Å². The molecule has 1 heterocycles. The highest BCUT2D eigenvalue weighted by atomic mass is 16.5. The summed E-state index contributed by atoms with van der Waals surface area (Å²) in [6.07, 6.45) is 2.62. The van der Waals surface area contributed by atoms with Crippen LogP contribution in [0, 0.1) is 0 Å². The third-order valence-corrected chi connectivity index (χ3v) is 3.41. The van der Waals surface area contributed by atoms with Gasteiger partial charge in [0.25, 0.3) is 0 Å². The van der Waals surface area contributed by atoms with Gasteiger partial charge in [0.15, 0.2) is 0 Å². The fourth-order valence-corrected chi connectivity index (χ4v) is 2.11.